The maximum atomic E-state index is 10.3. The summed E-state index contributed by atoms with van der Waals surface area (Å²) in [6.07, 6.45) is 0. The minimum Gasteiger partial charge on any atom is -0.480 e. The van der Waals surface area contributed by atoms with Crippen LogP contribution in [0.25, 0.3) is 0 Å². The number of rotatable bonds is 6. The third-order valence-corrected chi connectivity index (χ3v) is 1.09. The molecular weight excluding hydrogens is 224 g/mol. The number of hydrogen-bond acceptors (Lipinski definition) is 6. The fourth-order valence-corrected chi connectivity index (χ4v) is 0.556. The van der Waals surface area contributed by atoms with Crippen molar-refractivity contribution in [3.05, 3.63) is 0 Å². The predicted octanol–water partition coefficient (Wildman–Crippen LogP) is -1.15. The lowest BCUT2D eigenvalue weighted by molar-refractivity contribution is -0.340. The van der Waals surface area contributed by atoms with Crippen molar-refractivity contribution in [2.45, 2.75) is 19.8 Å². The van der Waals surface area contributed by atoms with Gasteiger partial charge in [-0.15, -0.1) is 0 Å². The Bertz CT molecular complexity index is 208. The van der Waals surface area contributed by atoms with E-state index in [1.165, 1.54) is 0 Å². The molecule has 0 unspecified atom stereocenters. The van der Waals surface area contributed by atoms with E-state index >= 15 is 0 Å². The number of aliphatic hydroxyl groups excluding tert-OH is 1. The van der Waals surface area contributed by atoms with Crippen molar-refractivity contribution in [3.63, 3.8) is 0 Å². The van der Waals surface area contributed by atoms with Crippen LogP contribution in [0.1, 0.15) is 13.8 Å². The molecule has 0 radical (unpaired) electrons. The first-order valence-corrected chi connectivity index (χ1v) is 4.40. The summed E-state index contributed by atoms with van der Waals surface area (Å²) in [4.78, 5) is 19.4. The average molecular weight is 240 g/mol. The topological polar surface area (TPSA) is 134 Å². The van der Waals surface area contributed by atoms with Crippen LogP contribution in [0.5, 0.6) is 0 Å². The zero-order valence-corrected chi connectivity index (χ0v) is 9.04. The number of carboxylic acid groups (broad SMARTS) is 2. The van der Waals surface area contributed by atoms with Crippen molar-refractivity contribution in [2.75, 3.05) is 19.8 Å². The predicted molar refractivity (Wildman–Crippen MR) is 50.6 cm³/mol. The Balaban J connectivity index is 0. The highest BCUT2D eigenvalue weighted by Crippen LogP contribution is 2.08. The molecule has 0 atom stereocenters. The summed E-state index contributed by atoms with van der Waals surface area (Å²) in [6.45, 7) is 2.49. The van der Waals surface area contributed by atoms with Gasteiger partial charge in [-0.2, -0.15) is 0 Å². The van der Waals surface area contributed by atoms with Gasteiger partial charge in [-0.05, 0) is 13.8 Å². The summed E-state index contributed by atoms with van der Waals surface area (Å²) < 4.78 is 8.93. The standard InChI is InChI=1S/C6H12O5.C2H4O3/c1-3-10-6(9,5(7)8)11-4-2;3-1-2(4)5/h9H,3-4H2,1-2H3,(H,7,8);3H,1H2,(H,4,5). The Labute approximate surface area is 92.0 Å². The average Bonchev–Trinajstić information content (AvgIpc) is 2.19. The van der Waals surface area contributed by atoms with Gasteiger partial charge < -0.3 is 29.9 Å². The highest BCUT2D eigenvalue weighted by molar-refractivity contribution is 5.73. The van der Waals surface area contributed by atoms with E-state index in [9.17, 15) is 4.79 Å². The van der Waals surface area contributed by atoms with Crippen molar-refractivity contribution in [3.8, 4) is 0 Å². The minimum absolute atomic E-state index is 0.0722. The Morgan fingerprint density at radius 1 is 1.12 bits per heavy atom. The fraction of sp³-hybridized carbons (Fsp3) is 0.750. The van der Waals surface area contributed by atoms with E-state index in [0.717, 1.165) is 0 Å². The first-order chi connectivity index (χ1) is 7.33. The van der Waals surface area contributed by atoms with Crippen LogP contribution in [0.15, 0.2) is 0 Å². The van der Waals surface area contributed by atoms with Crippen LogP contribution in [-0.4, -0.2) is 58.2 Å². The molecule has 4 N–H and O–H groups in total. The molecule has 0 aromatic heterocycles. The second-order valence-electron chi connectivity index (χ2n) is 2.30. The van der Waals surface area contributed by atoms with Gasteiger partial charge in [0, 0.05) is 0 Å². The number of hydrogen-bond donors (Lipinski definition) is 4. The summed E-state index contributed by atoms with van der Waals surface area (Å²) >= 11 is 0. The highest BCUT2D eigenvalue weighted by atomic mass is 16.8. The van der Waals surface area contributed by atoms with Crippen molar-refractivity contribution >= 4 is 11.9 Å². The first-order valence-electron chi connectivity index (χ1n) is 4.40. The van der Waals surface area contributed by atoms with E-state index in [0.29, 0.717) is 0 Å². The molecule has 96 valence electrons. The van der Waals surface area contributed by atoms with Crippen LogP contribution in [0.4, 0.5) is 0 Å². The SMILES string of the molecule is CCOC(O)(OCC)C(=O)O.O=C(O)CO. The summed E-state index contributed by atoms with van der Waals surface area (Å²) in [6, 6.07) is 0. The van der Waals surface area contributed by atoms with Gasteiger partial charge in [-0.1, -0.05) is 0 Å². The van der Waals surface area contributed by atoms with Gasteiger partial charge >= 0.3 is 17.9 Å². The monoisotopic (exact) mass is 240 g/mol. The maximum absolute atomic E-state index is 10.3. The summed E-state index contributed by atoms with van der Waals surface area (Å²) in [5.41, 5.74) is 0. The molecule has 0 saturated heterocycles. The van der Waals surface area contributed by atoms with Gasteiger partial charge in [0.05, 0.1) is 13.2 Å². The lowest BCUT2D eigenvalue weighted by Crippen LogP contribution is -2.44. The molecule has 0 rings (SSSR count). The van der Waals surface area contributed by atoms with E-state index in [2.05, 4.69) is 9.47 Å². The van der Waals surface area contributed by atoms with Gasteiger partial charge in [-0.3, -0.25) is 0 Å². The van der Waals surface area contributed by atoms with Crippen LogP contribution in [0, 0.1) is 0 Å². The minimum atomic E-state index is -2.48. The van der Waals surface area contributed by atoms with Gasteiger partial charge in [0.1, 0.15) is 6.61 Å². The fourth-order valence-electron chi connectivity index (χ4n) is 0.556. The number of carbonyl (C=O) groups is 2. The largest absolute Gasteiger partial charge is 0.480 e. The van der Waals surface area contributed by atoms with Gasteiger partial charge in [0.15, 0.2) is 0 Å². The van der Waals surface area contributed by atoms with Crippen LogP contribution in [0.2, 0.25) is 0 Å². The Hall–Kier alpha value is -1.22. The number of carboxylic acids is 2. The number of aliphatic carboxylic acids is 2. The van der Waals surface area contributed by atoms with Crippen molar-refractivity contribution in [1.29, 1.82) is 0 Å². The van der Waals surface area contributed by atoms with E-state index in [1.54, 1.807) is 13.8 Å². The normalized spacial score (nSPS) is 10.2. The summed E-state index contributed by atoms with van der Waals surface area (Å²) in [7, 11) is 0. The Morgan fingerprint density at radius 2 is 1.44 bits per heavy atom. The van der Waals surface area contributed by atoms with Crippen LogP contribution < -0.4 is 0 Å². The van der Waals surface area contributed by atoms with Gasteiger partial charge in [0.25, 0.3) is 0 Å². The first kappa shape index (κ1) is 17.2. The highest BCUT2D eigenvalue weighted by Gasteiger charge is 2.38. The Morgan fingerprint density at radius 3 is 1.56 bits per heavy atom. The molecule has 0 aliphatic rings. The third kappa shape index (κ3) is 8.12. The molecule has 0 aliphatic carbocycles. The molecule has 0 aromatic rings. The van der Waals surface area contributed by atoms with Crippen molar-refractivity contribution in [2.24, 2.45) is 0 Å². The van der Waals surface area contributed by atoms with E-state index < -0.39 is 24.5 Å². The quantitative estimate of drug-likeness (QED) is 0.428. The molecule has 0 fully saturated rings. The smallest absolute Gasteiger partial charge is 0.395 e. The van der Waals surface area contributed by atoms with E-state index in [1.807, 2.05) is 0 Å². The van der Waals surface area contributed by atoms with Gasteiger partial charge in [-0.25, -0.2) is 9.59 Å². The Kier molecular flexibility index (Phi) is 9.71. The zero-order valence-electron chi connectivity index (χ0n) is 9.04. The van der Waals surface area contributed by atoms with Crippen molar-refractivity contribution in [1.82, 2.24) is 0 Å². The molecule has 16 heavy (non-hydrogen) atoms. The second-order valence-corrected chi connectivity index (χ2v) is 2.30. The molecule has 0 bridgehead atoms. The molecule has 0 spiro atoms. The number of ether oxygens (including phenoxy) is 2. The van der Waals surface area contributed by atoms with Gasteiger partial charge in [0.2, 0.25) is 0 Å². The lowest BCUT2D eigenvalue weighted by atomic mass is 10.5. The number of aliphatic hydroxyl groups is 2. The van der Waals surface area contributed by atoms with E-state index in [4.69, 9.17) is 25.2 Å². The summed E-state index contributed by atoms with van der Waals surface area (Å²) in [5, 5.41) is 32.5. The summed E-state index contributed by atoms with van der Waals surface area (Å²) in [5.74, 6) is -5.21. The van der Waals surface area contributed by atoms with Crippen LogP contribution in [-0.2, 0) is 19.1 Å². The lowest BCUT2D eigenvalue weighted by Gasteiger charge is -2.21. The maximum Gasteiger partial charge on any atom is 0.395 e. The molecule has 0 amide bonds. The molecule has 0 saturated carbocycles. The van der Waals surface area contributed by atoms with Crippen LogP contribution in [0.3, 0.4) is 0 Å². The van der Waals surface area contributed by atoms with E-state index in [-0.39, 0.29) is 13.2 Å². The molecule has 8 heteroatoms. The zero-order chi connectivity index (χ0) is 13.2. The molecule has 0 heterocycles. The second kappa shape index (κ2) is 9.04. The molecule has 0 aliphatic heterocycles. The molecule has 0 aromatic carbocycles. The molecule has 8 nitrogen and oxygen atoms in total. The molecular formula is C8H16O8. The van der Waals surface area contributed by atoms with Crippen molar-refractivity contribution < 1.29 is 39.5 Å². The van der Waals surface area contributed by atoms with Crippen LogP contribution >= 0.6 is 0 Å². The third-order valence-electron chi connectivity index (χ3n) is 1.09.